The van der Waals surface area contributed by atoms with Crippen LogP contribution in [0.15, 0.2) is 194 Å². The van der Waals surface area contributed by atoms with Crippen LogP contribution < -0.4 is 37.3 Å². The molecule has 4 aromatic heterocycles. The van der Waals surface area contributed by atoms with Crippen LogP contribution >= 0.6 is 22.7 Å². The highest BCUT2D eigenvalue weighted by Gasteiger charge is 2.38. The second-order valence-electron chi connectivity index (χ2n) is 18.8. The van der Waals surface area contributed by atoms with Crippen molar-refractivity contribution in [2.24, 2.45) is 0 Å². The Bertz CT molecular complexity index is 4020. The van der Waals surface area contributed by atoms with E-state index in [4.69, 9.17) is 14.7 Å². The zero-order valence-electron chi connectivity index (χ0n) is 41.6. The molecule has 11 rings (SSSR count). The average Bonchev–Trinajstić information content (AvgIpc) is 4.23. The van der Waals surface area contributed by atoms with Gasteiger partial charge in [-0.25, -0.2) is 9.97 Å². The fourth-order valence-corrected chi connectivity index (χ4v) is 13.0. The number of thiazole rings is 2. The van der Waals surface area contributed by atoms with Gasteiger partial charge in [-0.15, -0.1) is 22.7 Å². The zero-order chi connectivity index (χ0) is 52.3. The SMILES string of the molecule is CC(C)c1c2/c(=C(\C#N)c3nc4ccccc4s3)n(B(c3ccccc3)c3ccccc3)c(-c3cccc(OCCCCS(=O)(=O)O)c3)c2/c(=C(\C#N)c2nc3ccccc3s2)n1B(c1ccccc1)c1ccccc1. The van der Waals surface area contributed by atoms with E-state index in [0.29, 0.717) is 44.0 Å². The van der Waals surface area contributed by atoms with Gasteiger partial charge in [0.25, 0.3) is 10.1 Å². The van der Waals surface area contributed by atoms with Gasteiger partial charge in [0.2, 0.25) is 0 Å². The molecule has 0 aliphatic rings. The van der Waals surface area contributed by atoms with Crippen molar-refractivity contribution in [3.8, 4) is 29.1 Å². The molecule has 0 aliphatic heterocycles. The van der Waals surface area contributed by atoms with Crippen molar-refractivity contribution in [1.29, 1.82) is 10.5 Å². The van der Waals surface area contributed by atoms with Crippen LogP contribution in [0.4, 0.5) is 0 Å². The highest BCUT2D eigenvalue weighted by atomic mass is 32.2. The van der Waals surface area contributed by atoms with E-state index in [1.165, 1.54) is 22.7 Å². The predicted octanol–water partition coefficient (Wildman–Crippen LogP) is 9.25. The van der Waals surface area contributed by atoms with Crippen molar-refractivity contribution in [2.75, 3.05) is 12.4 Å². The largest absolute Gasteiger partial charge is 0.494 e. The molecule has 0 saturated heterocycles. The molecule has 11 aromatic rings. The fourth-order valence-electron chi connectivity index (χ4n) is 10.5. The van der Waals surface area contributed by atoms with Crippen LogP contribution in [0.2, 0.25) is 0 Å². The van der Waals surface area contributed by atoms with Crippen molar-refractivity contribution >= 4 is 111 Å². The Morgan fingerprint density at radius 3 is 1.49 bits per heavy atom. The van der Waals surface area contributed by atoms with E-state index in [1.807, 2.05) is 146 Å². The van der Waals surface area contributed by atoms with Crippen molar-refractivity contribution in [3.05, 3.63) is 221 Å². The van der Waals surface area contributed by atoms with Crippen LogP contribution in [0.25, 0.3) is 53.6 Å². The molecule has 7 aromatic carbocycles. The minimum atomic E-state index is -4.14. The van der Waals surface area contributed by atoms with Gasteiger partial charge in [0, 0.05) is 27.7 Å². The molecular formula is C61H48B2N6O4S3. The first-order chi connectivity index (χ1) is 37.1. The first-order valence-electron chi connectivity index (χ1n) is 25.1. The summed E-state index contributed by atoms with van der Waals surface area (Å²) in [5.41, 5.74) is 8.62. The number of unbranched alkanes of at least 4 members (excludes halogenated alkanes) is 1. The molecule has 0 unspecified atom stereocenters. The first-order valence-corrected chi connectivity index (χ1v) is 28.3. The van der Waals surface area contributed by atoms with E-state index in [0.717, 1.165) is 70.0 Å². The van der Waals surface area contributed by atoms with Gasteiger partial charge < -0.3 is 13.7 Å². The molecule has 0 atom stereocenters. The van der Waals surface area contributed by atoms with Crippen molar-refractivity contribution in [2.45, 2.75) is 32.6 Å². The van der Waals surface area contributed by atoms with E-state index in [-0.39, 0.29) is 24.7 Å². The molecule has 15 heteroatoms. The van der Waals surface area contributed by atoms with E-state index < -0.39 is 23.8 Å². The number of aromatic nitrogens is 4. The minimum Gasteiger partial charge on any atom is -0.494 e. The fraction of sp³-hybridized carbons (Fsp3) is 0.115. The summed E-state index contributed by atoms with van der Waals surface area (Å²) in [5.74, 6) is -0.0384. The van der Waals surface area contributed by atoms with Gasteiger partial charge in [-0.1, -0.05) is 193 Å². The number of fused-ring (bicyclic) bond motifs is 3. The third kappa shape index (κ3) is 9.66. The van der Waals surface area contributed by atoms with E-state index in [1.54, 1.807) is 0 Å². The van der Waals surface area contributed by atoms with Gasteiger partial charge in [-0.05, 0) is 55.2 Å². The van der Waals surface area contributed by atoms with Crippen molar-refractivity contribution in [1.82, 2.24) is 18.9 Å². The van der Waals surface area contributed by atoms with Gasteiger partial charge in [-0.3, -0.25) is 4.55 Å². The number of rotatable bonds is 16. The van der Waals surface area contributed by atoms with Gasteiger partial charge in [-0.2, -0.15) is 18.9 Å². The standard InChI is InChI=1S/C61H48B2N6O4S3/c1-41(2)56-54-55(59(49(40-65)61-67-51-33-16-18-35-53(51)75-61)68(56)62(43-23-7-3-8-24-43)44-25-9-4-10-26-44)57(42-22-21-31-47(38-42)73-36-19-20-37-76(70,71)72)69(63(45-27-11-5-12-28-45)46-29-13-6-14-30-46)58(54)48(39-64)60-66-50-32-15-17-34-52(50)74-60/h3-18,21-35,38,41H,19-20,36-37H2,1-2H3,(H,70,71,72)/b58-48-,59-49-. The van der Waals surface area contributed by atoms with Crippen LogP contribution in [0.3, 0.4) is 0 Å². The first kappa shape index (κ1) is 49.9. The lowest BCUT2D eigenvalue weighted by Crippen LogP contribution is -2.54. The van der Waals surface area contributed by atoms with Crippen LogP contribution in [-0.4, -0.2) is 57.9 Å². The summed E-state index contributed by atoms with van der Waals surface area (Å²) in [6.07, 6.45) is 0.604. The van der Waals surface area contributed by atoms with Crippen molar-refractivity contribution in [3.63, 3.8) is 0 Å². The Hall–Kier alpha value is -8.30. The molecule has 0 amide bonds. The Morgan fingerprint density at radius 2 is 1.04 bits per heavy atom. The molecule has 4 heterocycles. The summed E-state index contributed by atoms with van der Waals surface area (Å²) in [6, 6.07) is 70.6. The highest BCUT2D eigenvalue weighted by molar-refractivity contribution is 7.85. The Balaban J connectivity index is 1.41. The molecular weight excluding hydrogens is 999 g/mol. The molecule has 0 spiro atoms. The maximum atomic E-state index is 12.1. The zero-order valence-corrected chi connectivity index (χ0v) is 44.1. The summed E-state index contributed by atoms with van der Waals surface area (Å²) in [4.78, 5) is 10.5. The minimum absolute atomic E-state index is 0.195. The lowest BCUT2D eigenvalue weighted by atomic mass is 9.50. The summed E-state index contributed by atoms with van der Waals surface area (Å²) in [7, 11) is -4.14. The van der Waals surface area contributed by atoms with E-state index in [9.17, 15) is 23.5 Å². The van der Waals surface area contributed by atoms with Gasteiger partial charge >= 0.3 is 13.7 Å². The number of hydrogen-bond acceptors (Lipinski definition) is 9. The molecule has 0 radical (unpaired) electrons. The van der Waals surface area contributed by atoms with Gasteiger partial charge in [0.05, 0.1) is 43.5 Å². The molecule has 0 bridgehead atoms. The second-order valence-corrected chi connectivity index (χ2v) is 22.5. The topological polar surface area (TPSA) is 147 Å². The average molecular weight is 1050 g/mol. The number of nitriles is 2. The molecule has 76 heavy (non-hydrogen) atoms. The van der Waals surface area contributed by atoms with Crippen LogP contribution in [0.1, 0.15) is 48.3 Å². The number of hydrogen-bond donors (Lipinski definition) is 1. The maximum absolute atomic E-state index is 12.1. The lowest BCUT2D eigenvalue weighted by Gasteiger charge is -2.25. The summed E-state index contributed by atoms with van der Waals surface area (Å²) in [6.45, 7) is 3.53. The smallest absolute Gasteiger partial charge is 0.328 e. The number of ether oxygens (including phenoxy) is 1. The molecule has 0 aliphatic carbocycles. The molecule has 0 saturated carbocycles. The molecule has 370 valence electrons. The summed E-state index contributed by atoms with van der Waals surface area (Å²) in [5, 5.41) is 28.1. The van der Waals surface area contributed by atoms with Crippen molar-refractivity contribution < 1.29 is 17.7 Å². The lowest BCUT2D eigenvalue weighted by molar-refractivity contribution is 0.309. The summed E-state index contributed by atoms with van der Waals surface area (Å²) >= 11 is 2.95. The van der Waals surface area contributed by atoms with Gasteiger partial charge in [0.15, 0.2) is 0 Å². The molecule has 1 N–H and O–H groups in total. The third-order valence-electron chi connectivity index (χ3n) is 13.6. The normalized spacial score (nSPS) is 12.4. The monoisotopic (exact) mass is 1050 g/mol. The third-order valence-corrected chi connectivity index (χ3v) is 16.5. The van der Waals surface area contributed by atoms with Crippen LogP contribution in [-0.2, 0) is 10.1 Å². The number of benzene rings is 7. The van der Waals surface area contributed by atoms with E-state index in [2.05, 4.69) is 83.5 Å². The Kier molecular flexibility index (Phi) is 14.1. The van der Waals surface area contributed by atoms with Crippen LogP contribution in [0.5, 0.6) is 5.75 Å². The number of para-hydroxylation sites is 2. The predicted molar refractivity (Wildman–Crippen MR) is 312 cm³/mol. The second kappa shape index (κ2) is 21.5. The van der Waals surface area contributed by atoms with E-state index >= 15 is 0 Å². The summed E-state index contributed by atoms with van der Waals surface area (Å²) < 4.78 is 45.7. The van der Waals surface area contributed by atoms with Crippen LogP contribution in [0, 0.1) is 22.7 Å². The molecule has 0 fully saturated rings. The maximum Gasteiger partial charge on any atom is 0.328 e. The Labute approximate surface area is 449 Å². The number of nitrogens with zero attached hydrogens (tertiary/aromatic N) is 6. The Morgan fingerprint density at radius 1 is 0.592 bits per heavy atom. The van der Waals surface area contributed by atoms with Gasteiger partial charge in [0.1, 0.15) is 39.0 Å². The highest BCUT2D eigenvalue weighted by Crippen LogP contribution is 2.37. The molecule has 10 nitrogen and oxygen atoms in total. The quantitative estimate of drug-likeness (QED) is 0.0573.